The zero-order valence-electron chi connectivity index (χ0n) is 14.6. The Morgan fingerprint density at radius 3 is 2.52 bits per heavy atom. The lowest BCUT2D eigenvalue weighted by atomic mass is 10.2. The zero-order valence-corrected chi connectivity index (χ0v) is 15.4. The SMILES string of the molecule is O=C1NCCN1c1ccc(C#CCNS(=O)(=O)/C=C/c2ccccc2)cc1. The number of hydrogen-bond donors (Lipinski definition) is 2. The van der Waals surface area contributed by atoms with Crippen LogP contribution in [-0.4, -0.2) is 34.1 Å². The van der Waals surface area contributed by atoms with Crippen LogP contribution in [0.15, 0.2) is 60.0 Å². The lowest BCUT2D eigenvalue weighted by Gasteiger charge is -2.13. The average Bonchev–Trinajstić information content (AvgIpc) is 3.11. The van der Waals surface area contributed by atoms with E-state index >= 15 is 0 Å². The molecule has 6 nitrogen and oxygen atoms in total. The molecule has 0 spiro atoms. The standard InChI is InChI=1S/C20H19N3O3S/c24-20-21-14-15-23(20)19-10-8-18(9-11-19)7-4-13-22-27(25,26)16-12-17-5-2-1-3-6-17/h1-3,5-6,8-12,16,22H,13-15H2,(H,21,24)/b16-12+. The van der Waals surface area contributed by atoms with E-state index < -0.39 is 10.0 Å². The number of urea groups is 1. The molecule has 2 N–H and O–H groups in total. The Balaban J connectivity index is 1.54. The number of sulfonamides is 1. The van der Waals surface area contributed by atoms with E-state index in [1.165, 1.54) is 6.08 Å². The minimum atomic E-state index is -3.54. The van der Waals surface area contributed by atoms with Gasteiger partial charge in [-0.3, -0.25) is 4.90 Å². The van der Waals surface area contributed by atoms with E-state index in [1.54, 1.807) is 17.0 Å². The maximum atomic E-state index is 11.9. The summed E-state index contributed by atoms with van der Waals surface area (Å²) in [6, 6.07) is 16.3. The maximum absolute atomic E-state index is 11.9. The fourth-order valence-electron chi connectivity index (χ4n) is 2.51. The van der Waals surface area contributed by atoms with Crippen LogP contribution in [0.4, 0.5) is 10.5 Å². The summed E-state index contributed by atoms with van der Waals surface area (Å²) in [4.78, 5) is 13.3. The van der Waals surface area contributed by atoms with Gasteiger partial charge in [-0.1, -0.05) is 42.2 Å². The highest BCUT2D eigenvalue weighted by molar-refractivity contribution is 7.92. The molecule has 0 saturated carbocycles. The number of benzene rings is 2. The van der Waals surface area contributed by atoms with Crippen molar-refractivity contribution in [3.63, 3.8) is 0 Å². The molecule has 0 aliphatic carbocycles. The van der Waals surface area contributed by atoms with Gasteiger partial charge in [0.2, 0.25) is 10.0 Å². The Labute approximate surface area is 158 Å². The minimum Gasteiger partial charge on any atom is -0.336 e. The molecule has 138 valence electrons. The van der Waals surface area contributed by atoms with Crippen LogP contribution in [-0.2, 0) is 10.0 Å². The van der Waals surface area contributed by atoms with Crippen LogP contribution >= 0.6 is 0 Å². The molecule has 27 heavy (non-hydrogen) atoms. The van der Waals surface area contributed by atoms with Gasteiger partial charge in [-0.15, -0.1) is 0 Å². The smallest absolute Gasteiger partial charge is 0.321 e. The molecule has 0 unspecified atom stereocenters. The summed E-state index contributed by atoms with van der Waals surface area (Å²) in [7, 11) is -3.54. The second-order valence-electron chi connectivity index (χ2n) is 5.81. The van der Waals surface area contributed by atoms with Crippen LogP contribution in [0.2, 0.25) is 0 Å². The summed E-state index contributed by atoms with van der Waals surface area (Å²) in [5.74, 6) is 5.69. The first-order valence-corrected chi connectivity index (χ1v) is 9.95. The van der Waals surface area contributed by atoms with Crippen molar-refractivity contribution < 1.29 is 13.2 Å². The Morgan fingerprint density at radius 2 is 1.85 bits per heavy atom. The van der Waals surface area contributed by atoms with E-state index in [-0.39, 0.29) is 12.6 Å². The van der Waals surface area contributed by atoms with Gasteiger partial charge in [-0.2, -0.15) is 4.72 Å². The zero-order chi connectivity index (χ0) is 19.1. The number of carbonyl (C=O) groups excluding carboxylic acids is 1. The van der Waals surface area contributed by atoms with E-state index in [2.05, 4.69) is 21.9 Å². The van der Waals surface area contributed by atoms with Crippen molar-refractivity contribution in [2.75, 3.05) is 24.5 Å². The summed E-state index contributed by atoms with van der Waals surface area (Å²) in [5, 5.41) is 3.87. The molecule has 1 aliphatic heterocycles. The summed E-state index contributed by atoms with van der Waals surface area (Å²) in [6.07, 6.45) is 1.53. The topological polar surface area (TPSA) is 78.5 Å². The van der Waals surface area contributed by atoms with Gasteiger partial charge >= 0.3 is 6.03 Å². The molecule has 1 saturated heterocycles. The molecule has 1 fully saturated rings. The van der Waals surface area contributed by atoms with Gasteiger partial charge < -0.3 is 5.32 Å². The molecule has 2 amide bonds. The predicted molar refractivity (Wildman–Crippen MR) is 106 cm³/mol. The van der Waals surface area contributed by atoms with Gasteiger partial charge in [0.25, 0.3) is 0 Å². The lowest BCUT2D eigenvalue weighted by Crippen LogP contribution is -2.27. The highest BCUT2D eigenvalue weighted by atomic mass is 32.2. The fourth-order valence-corrected chi connectivity index (χ4v) is 3.21. The van der Waals surface area contributed by atoms with Gasteiger partial charge in [-0.05, 0) is 35.9 Å². The van der Waals surface area contributed by atoms with Crippen molar-refractivity contribution in [2.45, 2.75) is 0 Å². The number of nitrogens with one attached hydrogen (secondary N) is 2. The number of hydrogen-bond acceptors (Lipinski definition) is 3. The predicted octanol–water partition coefficient (Wildman–Crippen LogP) is 2.16. The molecule has 2 aromatic carbocycles. The van der Waals surface area contributed by atoms with Gasteiger partial charge in [0.05, 0.1) is 6.54 Å². The Bertz CT molecular complexity index is 988. The molecule has 0 bridgehead atoms. The van der Waals surface area contributed by atoms with Crippen LogP contribution in [0, 0.1) is 11.8 Å². The fraction of sp³-hybridized carbons (Fsp3) is 0.150. The first-order chi connectivity index (χ1) is 13.0. The quantitative estimate of drug-likeness (QED) is 0.779. The second kappa shape index (κ2) is 8.54. The normalized spacial score (nSPS) is 14.1. The molecule has 0 atom stereocenters. The number of carbonyl (C=O) groups is 1. The molecular formula is C20H19N3O3S. The van der Waals surface area contributed by atoms with Crippen LogP contribution in [0.1, 0.15) is 11.1 Å². The van der Waals surface area contributed by atoms with Crippen molar-refractivity contribution in [2.24, 2.45) is 0 Å². The first-order valence-electron chi connectivity index (χ1n) is 8.41. The molecule has 1 aliphatic rings. The molecule has 2 aromatic rings. The van der Waals surface area contributed by atoms with E-state index in [0.29, 0.717) is 13.1 Å². The molecule has 0 aromatic heterocycles. The highest BCUT2D eigenvalue weighted by Gasteiger charge is 2.20. The third-order valence-corrected chi connectivity index (χ3v) is 4.91. The van der Waals surface area contributed by atoms with Crippen LogP contribution in [0.25, 0.3) is 6.08 Å². The molecular weight excluding hydrogens is 362 g/mol. The van der Waals surface area contributed by atoms with Crippen molar-refractivity contribution in [1.29, 1.82) is 0 Å². The Morgan fingerprint density at radius 1 is 1.11 bits per heavy atom. The number of rotatable bonds is 5. The largest absolute Gasteiger partial charge is 0.336 e. The third-order valence-electron chi connectivity index (χ3n) is 3.87. The van der Waals surface area contributed by atoms with Crippen LogP contribution in [0.5, 0.6) is 0 Å². The summed E-state index contributed by atoms with van der Waals surface area (Å²) >= 11 is 0. The van der Waals surface area contributed by atoms with Gasteiger partial charge in [0.1, 0.15) is 0 Å². The third kappa shape index (κ3) is 5.45. The molecule has 0 radical (unpaired) electrons. The lowest BCUT2D eigenvalue weighted by molar-refractivity contribution is 0.252. The highest BCUT2D eigenvalue weighted by Crippen LogP contribution is 2.16. The average molecular weight is 381 g/mol. The van der Waals surface area contributed by atoms with E-state index in [0.717, 1.165) is 22.2 Å². The van der Waals surface area contributed by atoms with Gasteiger partial charge in [-0.25, -0.2) is 13.2 Å². The van der Waals surface area contributed by atoms with Crippen molar-refractivity contribution >= 4 is 27.8 Å². The van der Waals surface area contributed by atoms with E-state index in [4.69, 9.17) is 0 Å². The van der Waals surface area contributed by atoms with E-state index in [9.17, 15) is 13.2 Å². The molecule has 1 heterocycles. The second-order valence-corrected chi connectivity index (χ2v) is 7.46. The van der Waals surface area contributed by atoms with Crippen molar-refractivity contribution in [3.05, 3.63) is 71.1 Å². The summed E-state index contributed by atoms with van der Waals surface area (Å²) < 4.78 is 26.3. The summed E-state index contributed by atoms with van der Waals surface area (Å²) in [5.41, 5.74) is 2.36. The summed E-state index contributed by atoms with van der Waals surface area (Å²) in [6.45, 7) is 1.29. The van der Waals surface area contributed by atoms with Crippen molar-refractivity contribution in [1.82, 2.24) is 10.0 Å². The minimum absolute atomic E-state index is 0.0117. The van der Waals surface area contributed by atoms with E-state index in [1.807, 2.05) is 42.5 Å². The molecule has 3 rings (SSSR count). The van der Waals surface area contributed by atoms with Gasteiger partial charge in [0.15, 0.2) is 0 Å². The maximum Gasteiger partial charge on any atom is 0.321 e. The Kier molecular flexibility index (Phi) is 5.91. The number of nitrogens with zero attached hydrogens (tertiary/aromatic N) is 1. The van der Waals surface area contributed by atoms with Gasteiger partial charge in [0, 0.05) is 29.7 Å². The number of anilines is 1. The number of amides is 2. The monoisotopic (exact) mass is 381 g/mol. The molecule has 7 heteroatoms. The first kappa shape index (κ1) is 18.7. The Hall–Kier alpha value is -3.08. The van der Waals surface area contributed by atoms with Crippen LogP contribution in [0.3, 0.4) is 0 Å². The van der Waals surface area contributed by atoms with Crippen LogP contribution < -0.4 is 14.9 Å². The van der Waals surface area contributed by atoms with Crippen molar-refractivity contribution in [3.8, 4) is 11.8 Å².